The van der Waals surface area contributed by atoms with Gasteiger partial charge in [0.25, 0.3) is 5.91 Å². The molecule has 134 valence electrons. The average Bonchev–Trinajstić information content (AvgIpc) is 2.53. The van der Waals surface area contributed by atoms with Crippen LogP contribution in [0.3, 0.4) is 0 Å². The first kappa shape index (κ1) is 19.2. The molecule has 1 fully saturated rings. The standard InChI is InChI=1S/C16H23ClN2O4S/c1-16(2,19-6-8-23-9-7-19)11-18-15(20)12-4-5-13(17)14(10-12)24(3,21)22/h4-5,10H,6-9,11H2,1-3H3,(H,18,20). The van der Waals surface area contributed by atoms with Crippen molar-refractivity contribution in [2.75, 3.05) is 39.1 Å². The minimum Gasteiger partial charge on any atom is -0.379 e. The van der Waals surface area contributed by atoms with Crippen LogP contribution in [0.5, 0.6) is 0 Å². The molecular weight excluding hydrogens is 352 g/mol. The van der Waals surface area contributed by atoms with Crippen LogP contribution in [0.4, 0.5) is 0 Å². The van der Waals surface area contributed by atoms with Crippen LogP contribution in [0, 0.1) is 0 Å². The molecule has 0 bridgehead atoms. The monoisotopic (exact) mass is 374 g/mol. The number of nitrogens with one attached hydrogen (secondary N) is 1. The van der Waals surface area contributed by atoms with Crippen molar-refractivity contribution in [1.82, 2.24) is 10.2 Å². The Morgan fingerprint density at radius 2 is 1.96 bits per heavy atom. The van der Waals surface area contributed by atoms with Crippen molar-refractivity contribution in [3.8, 4) is 0 Å². The summed E-state index contributed by atoms with van der Waals surface area (Å²) in [4.78, 5) is 14.6. The Morgan fingerprint density at radius 3 is 2.54 bits per heavy atom. The van der Waals surface area contributed by atoms with E-state index in [0.29, 0.717) is 19.8 Å². The highest BCUT2D eigenvalue weighted by atomic mass is 35.5. The molecule has 0 aromatic heterocycles. The van der Waals surface area contributed by atoms with E-state index in [9.17, 15) is 13.2 Å². The first-order chi connectivity index (χ1) is 11.1. The normalized spacial score (nSPS) is 16.8. The van der Waals surface area contributed by atoms with Crippen LogP contribution in [0.1, 0.15) is 24.2 Å². The molecule has 0 saturated carbocycles. The van der Waals surface area contributed by atoms with E-state index < -0.39 is 9.84 Å². The van der Waals surface area contributed by atoms with Gasteiger partial charge in [-0.2, -0.15) is 0 Å². The number of hydrogen-bond donors (Lipinski definition) is 1. The average molecular weight is 375 g/mol. The predicted molar refractivity (Wildman–Crippen MR) is 93.4 cm³/mol. The fourth-order valence-corrected chi connectivity index (χ4v) is 3.91. The Balaban J connectivity index is 2.07. The Hall–Kier alpha value is -1.15. The number of morpholine rings is 1. The Labute approximate surface area is 148 Å². The predicted octanol–water partition coefficient (Wildman–Crippen LogP) is 1.58. The smallest absolute Gasteiger partial charge is 0.251 e. The second-order valence-electron chi connectivity index (χ2n) is 6.51. The maximum Gasteiger partial charge on any atom is 0.251 e. The first-order valence-corrected chi connectivity index (χ1v) is 9.99. The van der Waals surface area contributed by atoms with E-state index in [1.807, 2.05) is 0 Å². The van der Waals surface area contributed by atoms with Gasteiger partial charge in [0.05, 0.1) is 23.1 Å². The summed E-state index contributed by atoms with van der Waals surface area (Å²) in [6.45, 7) is 7.58. The number of amides is 1. The number of sulfone groups is 1. The van der Waals surface area contributed by atoms with Crippen LogP contribution >= 0.6 is 11.6 Å². The maximum absolute atomic E-state index is 12.4. The number of ether oxygens (including phenoxy) is 1. The molecule has 24 heavy (non-hydrogen) atoms. The molecule has 0 aliphatic carbocycles. The van der Waals surface area contributed by atoms with Crippen molar-refractivity contribution in [3.05, 3.63) is 28.8 Å². The van der Waals surface area contributed by atoms with Gasteiger partial charge in [-0.3, -0.25) is 9.69 Å². The molecule has 1 saturated heterocycles. The van der Waals surface area contributed by atoms with Crippen LogP contribution in [0.25, 0.3) is 0 Å². The van der Waals surface area contributed by atoms with Gasteiger partial charge < -0.3 is 10.1 Å². The molecule has 1 aromatic carbocycles. The summed E-state index contributed by atoms with van der Waals surface area (Å²) in [5.74, 6) is -0.321. The lowest BCUT2D eigenvalue weighted by molar-refractivity contribution is -0.00923. The molecule has 6 nitrogen and oxygen atoms in total. The largest absolute Gasteiger partial charge is 0.379 e. The highest BCUT2D eigenvalue weighted by molar-refractivity contribution is 7.90. The van der Waals surface area contributed by atoms with Crippen LogP contribution in [-0.2, 0) is 14.6 Å². The van der Waals surface area contributed by atoms with Gasteiger partial charge in [0.2, 0.25) is 0 Å². The summed E-state index contributed by atoms with van der Waals surface area (Å²) in [6.07, 6.45) is 1.07. The lowest BCUT2D eigenvalue weighted by Crippen LogP contribution is -2.55. The quantitative estimate of drug-likeness (QED) is 0.846. The van der Waals surface area contributed by atoms with Gasteiger partial charge >= 0.3 is 0 Å². The number of nitrogens with zero attached hydrogens (tertiary/aromatic N) is 1. The summed E-state index contributed by atoms with van der Waals surface area (Å²) >= 11 is 5.91. The molecule has 1 heterocycles. The van der Waals surface area contributed by atoms with Crippen molar-refractivity contribution >= 4 is 27.3 Å². The molecule has 2 rings (SSSR count). The number of halogens is 1. The third-order valence-corrected chi connectivity index (χ3v) is 5.72. The van der Waals surface area contributed by atoms with E-state index >= 15 is 0 Å². The third-order valence-electron chi connectivity index (χ3n) is 4.14. The zero-order valence-corrected chi connectivity index (χ0v) is 15.7. The van der Waals surface area contributed by atoms with Crippen molar-refractivity contribution in [2.45, 2.75) is 24.3 Å². The summed E-state index contributed by atoms with van der Waals surface area (Å²) in [5.41, 5.74) is 0.0588. The molecule has 0 radical (unpaired) electrons. The second kappa shape index (κ2) is 7.39. The maximum atomic E-state index is 12.4. The Kier molecular flexibility index (Phi) is 5.91. The fourth-order valence-electron chi connectivity index (χ4n) is 2.61. The summed E-state index contributed by atoms with van der Waals surface area (Å²) in [6, 6.07) is 4.27. The van der Waals surface area contributed by atoms with E-state index in [2.05, 4.69) is 24.1 Å². The van der Waals surface area contributed by atoms with Gasteiger partial charge in [-0.05, 0) is 32.0 Å². The molecule has 1 amide bonds. The Morgan fingerprint density at radius 1 is 1.33 bits per heavy atom. The van der Waals surface area contributed by atoms with E-state index in [1.54, 1.807) is 0 Å². The summed E-state index contributed by atoms with van der Waals surface area (Å²) in [7, 11) is -3.48. The van der Waals surface area contributed by atoms with Gasteiger partial charge in [0.15, 0.2) is 9.84 Å². The van der Waals surface area contributed by atoms with E-state index in [4.69, 9.17) is 16.3 Å². The second-order valence-corrected chi connectivity index (χ2v) is 8.90. The SMILES string of the molecule is CC(C)(CNC(=O)c1ccc(Cl)c(S(C)(=O)=O)c1)N1CCOCC1. The van der Waals surface area contributed by atoms with Crippen molar-refractivity contribution in [1.29, 1.82) is 0 Å². The topological polar surface area (TPSA) is 75.7 Å². The van der Waals surface area contributed by atoms with Gasteiger partial charge in [-0.15, -0.1) is 0 Å². The fraction of sp³-hybridized carbons (Fsp3) is 0.562. The summed E-state index contributed by atoms with van der Waals surface area (Å²) < 4.78 is 28.8. The van der Waals surface area contributed by atoms with E-state index in [0.717, 1.165) is 19.3 Å². The number of hydrogen-bond acceptors (Lipinski definition) is 5. The zero-order valence-electron chi connectivity index (χ0n) is 14.1. The molecule has 1 aromatic rings. The molecule has 1 N–H and O–H groups in total. The van der Waals surface area contributed by atoms with Crippen molar-refractivity contribution in [3.63, 3.8) is 0 Å². The van der Waals surface area contributed by atoms with Crippen molar-refractivity contribution in [2.24, 2.45) is 0 Å². The zero-order chi connectivity index (χ0) is 18.0. The van der Waals surface area contributed by atoms with Gasteiger partial charge in [0.1, 0.15) is 0 Å². The number of benzene rings is 1. The van der Waals surface area contributed by atoms with Gasteiger partial charge in [0, 0.05) is 37.0 Å². The van der Waals surface area contributed by atoms with Crippen LogP contribution in [0.2, 0.25) is 5.02 Å². The molecular formula is C16H23ClN2O4S. The van der Waals surface area contributed by atoms with Crippen LogP contribution in [-0.4, -0.2) is 63.9 Å². The number of carbonyl (C=O) groups is 1. The molecule has 0 unspecified atom stereocenters. The highest BCUT2D eigenvalue weighted by Gasteiger charge is 2.28. The Bertz CT molecular complexity index is 713. The molecule has 1 aliphatic heterocycles. The van der Waals surface area contributed by atoms with E-state index in [1.165, 1.54) is 18.2 Å². The lowest BCUT2D eigenvalue weighted by Gasteiger charge is -2.40. The van der Waals surface area contributed by atoms with Gasteiger partial charge in [-0.1, -0.05) is 11.6 Å². The third kappa shape index (κ3) is 4.69. The van der Waals surface area contributed by atoms with Gasteiger partial charge in [-0.25, -0.2) is 8.42 Å². The lowest BCUT2D eigenvalue weighted by atomic mass is 10.0. The van der Waals surface area contributed by atoms with Crippen molar-refractivity contribution < 1.29 is 17.9 Å². The highest BCUT2D eigenvalue weighted by Crippen LogP contribution is 2.23. The minimum atomic E-state index is -3.48. The molecule has 1 aliphatic rings. The number of carbonyl (C=O) groups excluding carboxylic acids is 1. The minimum absolute atomic E-state index is 0.0377. The van der Waals surface area contributed by atoms with E-state index in [-0.39, 0.29) is 26.9 Å². The van der Waals surface area contributed by atoms with Crippen LogP contribution < -0.4 is 5.32 Å². The summed E-state index contributed by atoms with van der Waals surface area (Å²) in [5, 5.41) is 2.99. The first-order valence-electron chi connectivity index (χ1n) is 7.72. The van der Waals surface area contributed by atoms with Crippen LogP contribution in [0.15, 0.2) is 23.1 Å². The number of rotatable bonds is 5. The molecule has 0 atom stereocenters. The molecule has 0 spiro atoms. The molecule has 8 heteroatoms.